The van der Waals surface area contributed by atoms with Crippen LogP contribution in [0.25, 0.3) is 11.0 Å². The highest BCUT2D eigenvalue weighted by atomic mass is 79.9. The lowest BCUT2D eigenvalue weighted by atomic mass is 9.98. The highest BCUT2D eigenvalue weighted by molar-refractivity contribution is 9.10. The third kappa shape index (κ3) is 3.77. The Bertz CT molecular complexity index is 1430. The van der Waals surface area contributed by atoms with Crippen LogP contribution in [0.1, 0.15) is 46.8 Å². The molecule has 2 aromatic carbocycles. The van der Waals surface area contributed by atoms with E-state index in [0.717, 1.165) is 10.9 Å². The lowest BCUT2D eigenvalue weighted by Crippen LogP contribution is -2.29. The van der Waals surface area contributed by atoms with Crippen molar-refractivity contribution < 1.29 is 23.1 Å². The molecule has 0 fully saturated rings. The van der Waals surface area contributed by atoms with E-state index in [4.69, 9.17) is 18.3 Å². The van der Waals surface area contributed by atoms with Crippen molar-refractivity contribution in [2.75, 3.05) is 13.7 Å². The number of hydrogen-bond acceptors (Lipinski definition) is 6. The van der Waals surface area contributed by atoms with Gasteiger partial charge in [0.2, 0.25) is 5.76 Å². The molecule has 0 saturated heterocycles. The number of fused-ring (bicyclic) bond motifs is 2. The van der Waals surface area contributed by atoms with E-state index in [9.17, 15) is 9.59 Å². The molecule has 174 valence electrons. The Morgan fingerprint density at radius 2 is 1.94 bits per heavy atom. The van der Waals surface area contributed by atoms with Crippen LogP contribution >= 0.6 is 15.9 Å². The molecule has 1 amide bonds. The SMILES string of the molecule is CCCOc1ccc(C2c3c(oc4ccc(Br)cc4c3=O)C(=O)N2Cc2ccco2)cc1OC. The smallest absolute Gasteiger partial charge is 0.291 e. The van der Waals surface area contributed by atoms with E-state index in [1.807, 2.05) is 13.0 Å². The first-order valence-electron chi connectivity index (χ1n) is 10.9. The Kier molecular flexibility index (Phi) is 5.91. The van der Waals surface area contributed by atoms with Crippen LogP contribution in [-0.4, -0.2) is 24.5 Å². The van der Waals surface area contributed by atoms with Crippen LogP contribution < -0.4 is 14.9 Å². The lowest BCUT2D eigenvalue weighted by molar-refractivity contribution is 0.0701. The molecule has 0 saturated carbocycles. The van der Waals surface area contributed by atoms with Crippen LogP contribution in [0, 0.1) is 0 Å². The maximum absolute atomic E-state index is 13.7. The van der Waals surface area contributed by atoms with Crippen LogP contribution in [0.3, 0.4) is 0 Å². The first-order chi connectivity index (χ1) is 16.5. The molecule has 3 heterocycles. The Hall–Kier alpha value is -3.52. The number of amides is 1. The largest absolute Gasteiger partial charge is 0.493 e. The minimum atomic E-state index is -0.679. The topological polar surface area (TPSA) is 82.1 Å². The molecule has 0 radical (unpaired) electrons. The highest BCUT2D eigenvalue weighted by Gasteiger charge is 2.43. The van der Waals surface area contributed by atoms with Crippen LogP contribution in [-0.2, 0) is 6.54 Å². The van der Waals surface area contributed by atoms with Gasteiger partial charge in [-0.2, -0.15) is 0 Å². The number of hydrogen-bond donors (Lipinski definition) is 0. The van der Waals surface area contributed by atoms with E-state index in [1.165, 1.54) is 0 Å². The molecule has 0 spiro atoms. The number of ether oxygens (including phenoxy) is 2. The monoisotopic (exact) mass is 523 g/mol. The molecule has 2 aromatic heterocycles. The number of methoxy groups -OCH3 is 1. The molecule has 0 aliphatic carbocycles. The average Bonchev–Trinajstić information content (AvgIpc) is 3.45. The van der Waals surface area contributed by atoms with E-state index < -0.39 is 6.04 Å². The second-order valence-corrected chi connectivity index (χ2v) is 8.90. The maximum Gasteiger partial charge on any atom is 0.291 e. The normalized spacial score (nSPS) is 15.1. The molecular weight excluding hydrogens is 502 g/mol. The van der Waals surface area contributed by atoms with Gasteiger partial charge in [-0.05, 0) is 54.4 Å². The molecule has 5 rings (SSSR count). The minimum absolute atomic E-state index is 0.0432. The fourth-order valence-electron chi connectivity index (χ4n) is 4.26. The first-order valence-corrected chi connectivity index (χ1v) is 11.7. The third-order valence-electron chi connectivity index (χ3n) is 5.80. The molecule has 1 unspecified atom stereocenters. The predicted molar refractivity (Wildman–Crippen MR) is 129 cm³/mol. The van der Waals surface area contributed by atoms with Crippen molar-refractivity contribution in [2.24, 2.45) is 0 Å². The van der Waals surface area contributed by atoms with Gasteiger partial charge < -0.3 is 23.2 Å². The van der Waals surface area contributed by atoms with Crippen LogP contribution in [0.4, 0.5) is 0 Å². The minimum Gasteiger partial charge on any atom is -0.493 e. The molecule has 1 atom stereocenters. The average molecular weight is 524 g/mol. The van der Waals surface area contributed by atoms with Gasteiger partial charge in [-0.25, -0.2) is 0 Å². The molecule has 1 aliphatic heterocycles. The summed E-state index contributed by atoms with van der Waals surface area (Å²) in [5.41, 5.74) is 1.12. The number of rotatable bonds is 7. The Morgan fingerprint density at radius 3 is 2.68 bits per heavy atom. The van der Waals surface area contributed by atoms with Crippen molar-refractivity contribution in [1.29, 1.82) is 0 Å². The number of benzene rings is 2. The molecule has 7 nitrogen and oxygen atoms in total. The van der Waals surface area contributed by atoms with Crippen molar-refractivity contribution in [3.05, 3.63) is 92.1 Å². The summed E-state index contributed by atoms with van der Waals surface area (Å²) in [4.78, 5) is 28.8. The van der Waals surface area contributed by atoms with E-state index >= 15 is 0 Å². The fourth-order valence-corrected chi connectivity index (χ4v) is 4.62. The number of halogens is 1. The van der Waals surface area contributed by atoms with E-state index in [1.54, 1.807) is 60.7 Å². The summed E-state index contributed by atoms with van der Waals surface area (Å²) in [6, 6.07) is 13.5. The van der Waals surface area contributed by atoms with Gasteiger partial charge in [0.1, 0.15) is 11.3 Å². The van der Waals surface area contributed by atoms with Gasteiger partial charge in [0.05, 0.1) is 43.5 Å². The fraction of sp³-hybridized carbons (Fsp3) is 0.231. The molecule has 1 aliphatic rings. The summed E-state index contributed by atoms with van der Waals surface area (Å²) in [7, 11) is 1.56. The number of carbonyl (C=O) groups is 1. The second kappa shape index (κ2) is 9.02. The van der Waals surface area contributed by atoms with Gasteiger partial charge in [-0.1, -0.05) is 28.9 Å². The predicted octanol–water partition coefficient (Wildman–Crippen LogP) is 5.69. The number of nitrogens with zero attached hydrogens (tertiary/aromatic N) is 1. The zero-order valence-electron chi connectivity index (χ0n) is 18.7. The standard InChI is InChI=1S/C26H22BrNO6/c1-3-10-33-20-8-6-15(12-21(20)31-2)23-22-24(29)18-13-16(27)7-9-19(18)34-25(22)26(30)28(23)14-17-5-4-11-32-17/h4-9,11-13,23H,3,10,14H2,1-2H3. The molecule has 8 heteroatoms. The number of furan rings is 1. The summed E-state index contributed by atoms with van der Waals surface area (Å²) in [6.45, 7) is 2.75. The summed E-state index contributed by atoms with van der Waals surface area (Å²) < 4.78 is 23.6. The van der Waals surface area contributed by atoms with Gasteiger partial charge in [0.25, 0.3) is 5.91 Å². The quantitative estimate of drug-likeness (QED) is 0.309. The van der Waals surface area contributed by atoms with Crippen molar-refractivity contribution in [1.82, 2.24) is 4.90 Å². The summed E-state index contributed by atoms with van der Waals surface area (Å²) >= 11 is 3.42. The van der Waals surface area contributed by atoms with Gasteiger partial charge in [0, 0.05) is 4.47 Å². The van der Waals surface area contributed by atoms with E-state index in [2.05, 4.69) is 15.9 Å². The van der Waals surface area contributed by atoms with Crippen LogP contribution in [0.15, 0.2) is 72.9 Å². The Morgan fingerprint density at radius 1 is 1.09 bits per heavy atom. The van der Waals surface area contributed by atoms with Crippen molar-refractivity contribution in [3.63, 3.8) is 0 Å². The van der Waals surface area contributed by atoms with Crippen molar-refractivity contribution >= 4 is 32.8 Å². The van der Waals surface area contributed by atoms with Gasteiger partial charge in [0.15, 0.2) is 16.9 Å². The molecule has 0 N–H and O–H groups in total. The molecule has 0 bridgehead atoms. The molecular formula is C26H22BrNO6. The van der Waals surface area contributed by atoms with Crippen molar-refractivity contribution in [3.8, 4) is 11.5 Å². The van der Waals surface area contributed by atoms with Crippen molar-refractivity contribution in [2.45, 2.75) is 25.9 Å². The van der Waals surface area contributed by atoms with Gasteiger partial charge in [-0.15, -0.1) is 0 Å². The zero-order valence-corrected chi connectivity index (χ0v) is 20.3. The molecule has 4 aromatic rings. The Labute approximate surface area is 204 Å². The second-order valence-electron chi connectivity index (χ2n) is 7.99. The maximum atomic E-state index is 13.7. The van der Waals surface area contributed by atoms with E-state index in [-0.39, 0.29) is 23.6 Å². The number of carbonyl (C=O) groups excluding carboxylic acids is 1. The summed E-state index contributed by atoms with van der Waals surface area (Å²) in [6.07, 6.45) is 2.41. The molecule has 34 heavy (non-hydrogen) atoms. The summed E-state index contributed by atoms with van der Waals surface area (Å²) in [5, 5.41) is 0.403. The van der Waals surface area contributed by atoms with Crippen LogP contribution in [0.2, 0.25) is 0 Å². The third-order valence-corrected chi connectivity index (χ3v) is 6.29. The van der Waals surface area contributed by atoms with Crippen LogP contribution in [0.5, 0.6) is 11.5 Å². The van der Waals surface area contributed by atoms with Gasteiger partial charge in [-0.3, -0.25) is 9.59 Å². The summed E-state index contributed by atoms with van der Waals surface area (Å²) in [5.74, 6) is 1.40. The first kappa shape index (κ1) is 22.3. The van der Waals surface area contributed by atoms with Gasteiger partial charge >= 0.3 is 0 Å². The Balaban J connectivity index is 1.70. The lowest BCUT2D eigenvalue weighted by Gasteiger charge is -2.25. The highest BCUT2D eigenvalue weighted by Crippen LogP contribution is 2.42. The zero-order chi connectivity index (χ0) is 23.8. The van der Waals surface area contributed by atoms with E-state index in [0.29, 0.717) is 46.0 Å².